The van der Waals surface area contributed by atoms with Crippen molar-refractivity contribution in [2.24, 2.45) is 0 Å². The molecular formula is C19H25N3O3. The third-order valence-corrected chi connectivity index (χ3v) is 3.92. The number of aryl methyl sites for hydroxylation is 1. The van der Waals surface area contributed by atoms with Crippen molar-refractivity contribution in [2.75, 3.05) is 25.1 Å². The molecule has 134 valence electrons. The molecule has 2 rings (SSSR count). The molecule has 1 aromatic heterocycles. The zero-order valence-electron chi connectivity index (χ0n) is 15.3. The zero-order chi connectivity index (χ0) is 18.4. The van der Waals surface area contributed by atoms with Crippen LogP contribution in [0, 0.1) is 6.92 Å². The Bertz CT molecular complexity index is 781. The lowest BCUT2D eigenvalue weighted by Gasteiger charge is -2.21. The predicted molar refractivity (Wildman–Crippen MR) is 98.7 cm³/mol. The highest BCUT2D eigenvalue weighted by Crippen LogP contribution is 2.18. The highest BCUT2D eigenvalue weighted by molar-refractivity contribution is 5.93. The maximum atomic E-state index is 12.6. The number of aromatic nitrogens is 2. The summed E-state index contributed by atoms with van der Waals surface area (Å²) in [6.07, 6.45) is 1.98. The fraction of sp³-hybridized carbons (Fsp3) is 0.421. The molecular weight excluding hydrogens is 318 g/mol. The number of hydrogen-bond acceptors (Lipinski definition) is 5. The molecule has 1 heterocycles. The Morgan fingerprint density at radius 3 is 2.52 bits per heavy atom. The van der Waals surface area contributed by atoms with Gasteiger partial charge in [-0.1, -0.05) is 31.0 Å². The Kier molecular flexibility index (Phi) is 6.33. The molecule has 0 fully saturated rings. The Morgan fingerprint density at radius 2 is 1.92 bits per heavy atom. The highest BCUT2D eigenvalue weighted by Gasteiger charge is 2.20. The molecule has 0 N–H and O–H groups in total. The van der Waals surface area contributed by atoms with E-state index in [2.05, 4.69) is 12.0 Å². The number of esters is 1. The number of rotatable bonds is 7. The molecule has 0 spiro atoms. The van der Waals surface area contributed by atoms with Crippen LogP contribution in [0.4, 0.5) is 5.69 Å². The number of hydrogen-bond donors (Lipinski definition) is 0. The van der Waals surface area contributed by atoms with E-state index in [1.54, 1.807) is 19.1 Å². The number of carbonyl (C=O) groups is 1. The van der Waals surface area contributed by atoms with Crippen molar-refractivity contribution in [2.45, 2.75) is 33.6 Å². The second-order valence-corrected chi connectivity index (χ2v) is 5.96. The van der Waals surface area contributed by atoms with Gasteiger partial charge >= 0.3 is 5.97 Å². The Hall–Kier alpha value is -2.63. The van der Waals surface area contributed by atoms with Crippen LogP contribution in [0.1, 0.15) is 42.7 Å². The van der Waals surface area contributed by atoms with E-state index in [0.29, 0.717) is 11.4 Å². The number of ether oxygens (including phenoxy) is 1. The van der Waals surface area contributed by atoms with Crippen LogP contribution in [-0.2, 0) is 4.74 Å². The van der Waals surface area contributed by atoms with E-state index in [9.17, 15) is 9.59 Å². The molecule has 1 aromatic carbocycles. The molecule has 0 aliphatic rings. The number of benzene rings is 1. The standard InChI is InChI=1S/C19H25N3O3/c1-5-7-12-21(4)16-13-17(23)22(15-10-8-14(3)9-11-15)20-18(16)19(24)25-6-2/h8-11,13H,5-7,12H2,1-4H3. The average Bonchev–Trinajstić information content (AvgIpc) is 2.60. The van der Waals surface area contributed by atoms with Crippen LogP contribution < -0.4 is 10.5 Å². The monoisotopic (exact) mass is 343 g/mol. The minimum absolute atomic E-state index is 0.153. The second-order valence-electron chi connectivity index (χ2n) is 5.96. The number of unbranched alkanes of at least 4 members (excludes halogenated alkanes) is 1. The van der Waals surface area contributed by atoms with Crippen molar-refractivity contribution < 1.29 is 9.53 Å². The summed E-state index contributed by atoms with van der Waals surface area (Å²) in [7, 11) is 1.85. The summed E-state index contributed by atoms with van der Waals surface area (Å²) in [6, 6.07) is 8.86. The smallest absolute Gasteiger partial charge is 0.360 e. The van der Waals surface area contributed by atoms with Crippen LogP contribution >= 0.6 is 0 Å². The van der Waals surface area contributed by atoms with E-state index in [-0.39, 0.29) is 17.9 Å². The first-order chi connectivity index (χ1) is 12.0. The first-order valence-corrected chi connectivity index (χ1v) is 8.57. The third-order valence-electron chi connectivity index (χ3n) is 3.92. The average molecular weight is 343 g/mol. The van der Waals surface area contributed by atoms with Crippen molar-refractivity contribution in [3.63, 3.8) is 0 Å². The number of nitrogens with zero attached hydrogens (tertiary/aromatic N) is 3. The maximum absolute atomic E-state index is 12.6. The van der Waals surface area contributed by atoms with Crippen molar-refractivity contribution in [1.29, 1.82) is 0 Å². The molecule has 6 heteroatoms. The first-order valence-electron chi connectivity index (χ1n) is 8.57. The Balaban J connectivity index is 2.54. The van der Waals surface area contributed by atoms with Crippen molar-refractivity contribution in [3.8, 4) is 5.69 Å². The predicted octanol–water partition coefficient (Wildman–Crippen LogP) is 2.95. The molecule has 0 saturated carbocycles. The number of carbonyl (C=O) groups excluding carboxylic acids is 1. The SMILES string of the molecule is CCCCN(C)c1cc(=O)n(-c2ccc(C)cc2)nc1C(=O)OCC. The largest absolute Gasteiger partial charge is 0.461 e. The van der Waals surface area contributed by atoms with Crippen LogP contribution in [0.5, 0.6) is 0 Å². The topological polar surface area (TPSA) is 64.4 Å². The van der Waals surface area contributed by atoms with Gasteiger partial charge in [-0.25, -0.2) is 4.79 Å². The van der Waals surface area contributed by atoms with Gasteiger partial charge in [-0.3, -0.25) is 4.79 Å². The lowest BCUT2D eigenvalue weighted by atomic mass is 10.2. The van der Waals surface area contributed by atoms with E-state index in [1.807, 2.05) is 31.0 Å². The lowest BCUT2D eigenvalue weighted by Crippen LogP contribution is -2.30. The molecule has 25 heavy (non-hydrogen) atoms. The summed E-state index contributed by atoms with van der Waals surface area (Å²) in [5.74, 6) is -0.526. The van der Waals surface area contributed by atoms with Crippen molar-refractivity contribution >= 4 is 11.7 Å². The summed E-state index contributed by atoms with van der Waals surface area (Å²) >= 11 is 0. The van der Waals surface area contributed by atoms with Gasteiger partial charge in [0.25, 0.3) is 5.56 Å². The van der Waals surface area contributed by atoms with Crippen LogP contribution in [0.25, 0.3) is 5.69 Å². The van der Waals surface area contributed by atoms with E-state index < -0.39 is 5.97 Å². The minimum Gasteiger partial charge on any atom is -0.461 e. The van der Waals surface area contributed by atoms with E-state index in [0.717, 1.165) is 24.9 Å². The summed E-state index contributed by atoms with van der Waals surface area (Å²) < 4.78 is 6.37. The minimum atomic E-state index is -0.526. The summed E-state index contributed by atoms with van der Waals surface area (Å²) in [5, 5.41) is 4.31. The quantitative estimate of drug-likeness (QED) is 0.723. The Morgan fingerprint density at radius 1 is 1.24 bits per heavy atom. The summed E-state index contributed by atoms with van der Waals surface area (Å²) in [4.78, 5) is 26.8. The molecule has 0 aliphatic heterocycles. The van der Waals surface area contributed by atoms with Crippen LogP contribution in [-0.4, -0.2) is 35.9 Å². The highest BCUT2D eigenvalue weighted by atomic mass is 16.5. The third kappa shape index (κ3) is 4.47. The van der Waals surface area contributed by atoms with Gasteiger partial charge in [0.15, 0.2) is 5.69 Å². The summed E-state index contributed by atoms with van der Waals surface area (Å²) in [6.45, 7) is 6.79. The lowest BCUT2D eigenvalue weighted by molar-refractivity contribution is 0.0518. The molecule has 0 aliphatic carbocycles. The fourth-order valence-electron chi connectivity index (χ4n) is 2.47. The van der Waals surface area contributed by atoms with Gasteiger partial charge in [0.2, 0.25) is 0 Å². The van der Waals surface area contributed by atoms with E-state index >= 15 is 0 Å². The van der Waals surface area contributed by atoms with Gasteiger partial charge in [0.05, 0.1) is 18.0 Å². The summed E-state index contributed by atoms with van der Waals surface area (Å²) in [5.41, 5.74) is 2.07. The van der Waals surface area contributed by atoms with Crippen LogP contribution in [0.2, 0.25) is 0 Å². The molecule has 0 unspecified atom stereocenters. The van der Waals surface area contributed by atoms with Gasteiger partial charge in [-0.2, -0.15) is 9.78 Å². The Labute approximate surface area is 148 Å². The first kappa shape index (κ1) is 18.7. The fourth-order valence-corrected chi connectivity index (χ4v) is 2.47. The number of anilines is 1. The van der Waals surface area contributed by atoms with E-state index in [1.165, 1.54) is 10.7 Å². The molecule has 0 atom stereocenters. The van der Waals surface area contributed by atoms with Gasteiger partial charge in [-0.05, 0) is 32.4 Å². The molecule has 0 saturated heterocycles. The normalized spacial score (nSPS) is 10.6. The maximum Gasteiger partial charge on any atom is 0.360 e. The van der Waals surface area contributed by atoms with Crippen LogP contribution in [0.15, 0.2) is 35.1 Å². The van der Waals surface area contributed by atoms with Gasteiger partial charge < -0.3 is 9.64 Å². The van der Waals surface area contributed by atoms with Gasteiger partial charge in [-0.15, -0.1) is 0 Å². The zero-order valence-corrected chi connectivity index (χ0v) is 15.3. The van der Waals surface area contributed by atoms with Crippen molar-refractivity contribution in [1.82, 2.24) is 9.78 Å². The molecule has 0 radical (unpaired) electrons. The van der Waals surface area contributed by atoms with Crippen molar-refractivity contribution in [3.05, 3.63) is 51.9 Å². The second kappa shape index (κ2) is 8.46. The van der Waals surface area contributed by atoms with E-state index in [4.69, 9.17) is 4.74 Å². The molecule has 0 amide bonds. The van der Waals surface area contributed by atoms with Gasteiger partial charge in [0.1, 0.15) is 0 Å². The molecule has 6 nitrogen and oxygen atoms in total. The van der Waals surface area contributed by atoms with Crippen LogP contribution in [0.3, 0.4) is 0 Å². The molecule has 0 bridgehead atoms. The molecule has 2 aromatic rings. The van der Waals surface area contributed by atoms with Gasteiger partial charge in [0, 0.05) is 19.7 Å².